The van der Waals surface area contributed by atoms with Gasteiger partial charge in [0.2, 0.25) is 0 Å². The lowest BCUT2D eigenvalue weighted by Gasteiger charge is -2.28. The van der Waals surface area contributed by atoms with Crippen molar-refractivity contribution >= 4 is 14.3 Å². The van der Waals surface area contributed by atoms with Crippen molar-refractivity contribution < 1.29 is 8.85 Å². The molecule has 92 valence electrons. The standard InChI is InChI=1S/C13H25O2Si/c1-8-10-11-12(14-9-2)15-16(6,7)13(3,4)5/h8,10-11H,1,9H2,2-7H3/q+1/b11-10+. The molecule has 3 heteroatoms. The van der Waals surface area contributed by atoms with Gasteiger partial charge in [-0.3, -0.25) is 0 Å². The van der Waals surface area contributed by atoms with Crippen molar-refractivity contribution in [1.82, 2.24) is 0 Å². The molecule has 0 rings (SSSR count). The molecule has 0 aromatic carbocycles. The summed E-state index contributed by atoms with van der Waals surface area (Å²) < 4.78 is 11.5. The Morgan fingerprint density at radius 1 is 1.38 bits per heavy atom. The van der Waals surface area contributed by atoms with Crippen LogP contribution in [0.15, 0.2) is 24.8 Å². The van der Waals surface area contributed by atoms with Gasteiger partial charge in [0.15, 0.2) is 6.61 Å². The van der Waals surface area contributed by atoms with Crippen LogP contribution in [0.4, 0.5) is 0 Å². The molecule has 0 saturated heterocycles. The SMILES string of the molecule is C=C/C=C/C(O[Si](C)(C)C(C)(C)C)=[O+]CC. The van der Waals surface area contributed by atoms with E-state index < -0.39 is 8.32 Å². The molecule has 0 bridgehead atoms. The molecule has 0 spiro atoms. The van der Waals surface area contributed by atoms with E-state index in [1.165, 1.54) is 0 Å². The van der Waals surface area contributed by atoms with Crippen LogP contribution in [0.5, 0.6) is 0 Å². The van der Waals surface area contributed by atoms with Crippen molar-refractivity contribution in [3.63, 3.8) is 0 Å². The van der Waals surface area contributed by atoms with E-state index in [0.717, 1.165) is 0 Å². The van der Waals surface area contributed by atoms with Gasteiger partial charge in [0.1, 0.15) is 0 Å². The molecule has 0 N–H and O–H groups in total. The van der Waals surface area contributed by atoms with E-state index in [9.17, 15) is 0 Å². The zero-order valence-corrected chi connectivity index (χ0v) is 12.5. The van der Waals surface area contributed by atoms with Gasteiger partial charge >= 0.3 is 14.3 Å². The van der Waals surface area contributed by atoms with Gasteiger partial charge in [-0.15, -0.1) is 0 Å². The summed E-state index contributed by atoms with van der Waals surface area (Å²) in [5.74, 6) is 0.606. The largest absolute Gasteiger partial charge is 0.489 e. The number of carbonyl (C=O) groups excluding carboxylic acids is 1. The topological polar surface area (TPSA) is 20.5 Å². The summed E-state index contributed by atoms with van der Waals surface area (Å²) in [6.45, 7) is 17.2. The summed E-state index contributed by atoms with van der Waals surface area (Å²) in [7, 11) is -1.80. The van der Waals surface area contributed by atoms with Crippen molar-refractivity contribution in [2.24, 2.45) is 0 Å². The van der Waals surface area contributed by atoms with E-state index in [-0.39, 0.29) is 5.04 Å². The van der Waals surface area contributed by atoms with E-state index in [0.29, 0.717) is 12.6 Å². The minimum Gasteiger partial charge on any atom is -0.407 e. The van der Waals surface area contributed by atoms with Crippen LogP contribution in [0.2, 0.25) is 18.1 Å². The van der Waals surface area contributed by atoms with Gasteiger partial charge in [-0.25, -0.2) is 0 Å². The lowest BCUT2D eigenvalue weighted by atomic mass is 10.2. The van der Waals surface area contributed by atoms with E-state index in [1.54, 1.807) is 6.08 Å². The monoisotopic (exact) mass is 241 g/mol. The van der Waals surface area contributed by atoms with Crippen LogP contribution in [0, 0.1) is 0 Å². The predicted molar refractivity (Wildman–Crippen MR) is 73.2 cm³/mol. The molecule has 0 aliphatic rings. The van der Waals surface area contributed by atoms with Crippen molar-refractivity contribution in [3.05, 3.63) is 24.8 Å². The van der Waals surface area contributed by atoms with Gasteiger partial charge in [0.25, 0.3) is 0 Å². The Labute approximate surface area is 101 Å². The maximum absolute atomic E-state index is 6.04. The molecule has 0 aliphatic carbocycles. The lowest BCUT2D eigenvalue weighted by Crippen LogP contribution is -2.42. The van der Waals surface area contributed by atoms with Gasteiger partial charge in [-0.05, 0) is 26.1 Å². The van der Waals surface area contributed by atoms with Crippen LogP contribution in [-0.4, -0.2) is 20.9 Å². The van der Waals surface area contributed by atoms with Gasteiger partial charge in [0, 0.05) is 5.04 Å². The second-order valence-corrected chi connectivity index (χ2v) is 9.93. The molecular weight excluding hydrogens is 216 g/mol. The highest BCUT2D eigenvalue weighted by Gasteiger charge is 2.47. The van der Waals surface area contributed by atoms with E-state index in [1.807, 2.05) is 19.1 Å². The molecule has 0 heterocycles. The Balaban J connectivity index is 4.83. The Kier molecular flexibility index (Phi) is 5.72. The van der Waals surface area contributed by atoms with Gasteiger partial charge in [0.05, 0.1) is 6.08 Å². The average molecular weight is 241 g/mol. The van der Waals surface area contributed by atoms with Crippen LogP contribution in [0.3, 0.4) is 0 Å². The lowest BCUT2D eigenvalue weighted by molar-refractivity contribution is -0.459. The third-order valence-corrected chi connectivity index (χ3v) is 7.14. The molecule has 0 aliphatic heterocycles. The molecule has 0 amide bonds. The Hall–Kier alpha value is -0.833. The second kappa shape index (κ2) is 6.04. The Bertz CT molecular complexity index is 283. The van der Waals surface area contributed by atoms with Gasteiger partial charge in [-0.1, -0.05) is 33.4 Å². The van der Waals surface area contributed by atoms with E-state index >= 15 is 0 Å². The first-order valence-electron chi connectivity index (χ1n) is 5.72. The maximum atomic E-state index is 6.04. The maximum Gasteiger partial charge on any atom is 0.489 e. The molecule has 2 nitrogen and oxygen atoms in total. The fraction of sp³-hybridized carbons (Fsp3) is 0.615. The highest BCUT2D eigenvalue weighted by molar-refractivity contribution is 6.75. The normalized spacial score (nSPS) is 14.2. The fourth-order valence-corrected chi connectivity index (χ4v) is 1.74. The first-order valence-corrected chi connectivity index (χ1v) is 8.63. The van der Waals surface area contributed by atoms with Crippen LogP contribution in [-0.2, 0) is 8.85 Å². The van der Waals surface area contributed by atoms with Crippen molar-refractivity contribution in [1.29, 1.82) is 0 Å². The second-order valence-electron chi connectivity index (χ2n) is 5.21. The van der Waals surface area contributed by atoms with E-state index in [2.05, 4.69) is 40.4 Å². The van der Waals surface area contributed by atoms with Crippen molar-refractivity contribution in [2.75, 3.05) is 6.61 Å². The number of allylic oxidation sites excluding steroid dienone is 2. The highest BCUT2D eigenvalue weighted by Crippen LogP contribution is 2.36. The Morgan fingerprint density at radius 2 is 1.94 bits per heavy atom. The third kappa shape index (κ3) is 4.79. The van der Waals surface area contributed by atoms with Crippen LogP contribution >= 0.6 is 0 Å². The smallest absolute Gasteiger partial charge is 0.407 e. The summed E-state index contributed by atoms with van der Waals surface area (Å²) in [4.78, 5) is 0. The molecule has 0 aromatic rings. The highest BCUT2D eigenvalue weighted by atomic mass is 28.4. The van der Waals surface area contributed by atoms with Crippen LogP contribution in [0.1, 0.15) is 27.7 Å². The molecular formula is C13H25O2Si+. The number of hydrogen-bond donors (Lipinski definition) is 0. The fourth-order valence-electron chi connectivity index (χ4n) is 0.805. The predicted octanol–water partition coefficient (Wildman–Crippen LogP) is 3.83. The van der Waals surface area contributed by atoms with Crippen molar-refractivity contribution in [3.8, 4) is 0 Å². The zero-order chi connectivity index (χ0) is 12.8. The quantitative estimate of drug-likeness (QED) is 0.317. The summed E-state index contributed by atoms with van der Waals surface area (Å²) in [5.41, 5.74) is 0. The molecule has 0 atom stereocenters. The number of rotatable bonds is 4. The van der Waals surface area contributed by atoms with Crippen molar-refractivity contribution in [2.45, 2.75) is 45.8 Å². The average Bonchev–Trinajstić information content (AvgIpc) is 2.12. The zero-order valence-electron chi connectivity index (χ0n) is 11.5. The molecule has 0 radical (unpaired) electrons. The molecule has 0 aromatic heterocycles. The Morgan fingerprint density at radius 3 is 2.31 bits per heavy atom. The van der Waals surface area contributed by atoms with Gasteiger partial charge in [-0.2, -0.15) is 0 Å². The van der Waals surface area contributed by atoms with E-state index in [4.69, 9.17) is 8.85 Å². The molecule has 16 heavy (non-hydrogen) atoms. The molecule has 0 saturated carbocycles. The minimum atomic E-state index is -1.80. The summed E-state index contributed by atoms with van der Waals surface area (Å²) in [5, 5.41) is 0.178. The number of hydrogen-bond acceptors (Lipinski definition) is 1. The first-order chi connectivity index (χ1) is 7.24. The first kappa shape index (κ1) is 15.2. The molecule has 0 unspecified atom stereocenters. The summed E-state index contributed by atoms with van der Waals surface area (Å²) in [6.07, 6.45) is 5.38. The third-order valence-electron chi connectivity index (χ3n) is 2.82. The summed E-state index contributed by atoms with van der Waals surface area (Å²) >= 11 is 0. The molecule has 0 fully saturated rings. The van der Waals surface area contributed by atoms with Crippen LogP contribution in [0.25, 0.3) is 0 Å². The van der Waals surface area contributed by atoms with Crippen LogP contribution < -0.4 is 0 Å². The minimum absolute atomic E-state index is 0.178. The van der Waals surface area contributed by atoms with Gasteiger partial charge < -0.3 is 8.85 Å². The summed E-state index contributed by atoms with van der Waals surface area (Å²) in [6, 6.07) is 0.